The van der Waals surface area contributed by atoms with Crippen molar-refractivity contribution in [3.05, 3.63) is 68.7 Å². The quantitative estimate of drug-likeness (QED) is 0.525. The van der Waals surface area contributed by atoms with E-state index in [9.17, 15) is 19.2 Å². The highest BCUT2D eigenvalue weighted by molar-refractivity contribution is 6.06. The second kappa shape index (κ2) is 8.70. The molecule has 1 aliphatic heterocycles. The van der Waals surface area contributed by atoms with Gasteiger partial charge in [-0.2, -0.15) is 0 Å². The predicted molar refractivity (Wildman–Crippen MR) is 123 cm³/mol. The average Bonchev–Trinajstić information content (AvgIpc) is 2.80. The van der Waals surface area contributed by atoms with E-state index in [1.54, 1.807) is 25.1 Å². The summed E-state index contributed by atoms with van der Waals surface area (Å²) in [6.07, 6.45) is 1.48. The van der Waals surface area contributed by atoms with Crippen LogP contribution in [-0.2, 0) is 11.3 Å². The number of hydrogen-bond donors (Lipinski definition) is 3. The lowest BCUT2D eigenvalue weighted by molar-refractivity contribution is -0.122. The second-order valence-corrected chi connectivity index (χ2v) is 7.90. The fourth-order valence-electron chi connectivity index (χ4n) is 4.12. The first-order valence-corrected chi connectivity index (χ1v) is 10.6. The third-order valence-electron chi connectivity index (χ3n) is 5.94. The molecule has 4 N–H and O–H groups in total. The van der Waals surface area contributed by atoms with E-state index in [1.165, 1.54) is 4.57 Å². The maximum Gasteiger partial charge on any atom is 0.316 e. The van der Waals surface area contributed by atoms with Gasteiger partial charge in [-0.05, 0) is 62.2 Å². The van der Waals surface area contributed by atoms with Gasteiger partial charge in [0.2, 0.25) is 5.91 Å². The minimum absolute atomic E-state index is 0.0614. The van der Waals surface area contributed by atoms with Gasteiger partial charge in [0, 0.05) is 42.5 Å². The number of aromatic nitrogens is 2. The lowest BCUT2D eigenvalue weighted by Crippen LogP contribution is -2.38. The first-order chi connectivity index (χ1) is 15.4. The minimum atomic E-state index is -0.715. The molecule has 32 heavy (non-hydrogen) atoms. The molecule has 166 valence electrons. The number of primary amides is 1. The zero-order valence-corrected chi connectivity index (χ0v) is 17.8. The summed E-state index contributed by atoms with van der Waals surface area (Å²) in [5.41, 5.74) is 7.09. The van der Waals surface area contributed by atoms with Gasteiger partial charge in [0.1, 0.15) is 0 Å². The summed E-state index contributed by atoms with van der Waals surface area (Å²) < 4.78 is 1.38. The van der Waals surface area contributed by atoms with Crippen molar-refractivity contribution in [3.63, 3.8) is 0 Å². The number of carbonyl (C=O) groups is 2. The smallest absolute Gasteiger partial charge is 0.316 e. The summed E-state index contributed by atoms with van der Waals surface area (Å²) in [4.78, 5) is 52.6. The number of aryl methyl sites for hydroxylation is 1. The van der Waals surface area contributed by atoms with Gasteiger partial charge < -0.3 is 25.5 Å². The van der Waals surface area contributed by atoms with E-state index >= 15 is 0 Å². The van der Waals surface area contributed by atoms with Gasteiger partial charge in [-0.15, -0.1) is 0 Å². The van der Waals surface area contributed by atoms with Crippen LogP contribution < -0.4 is 27.1 Å². The monoisotopic (exact) mass is 435 g/mol. The van der Waals surface area contributed by atoms with E-state index in [4.69, 9.17) is 5.73 Å². The van der Waals surface area contributed by atoms with Gasteiger partial charge in [0.15, 0.2) is 0 Å². The summed E-state index contributed by atoms with van der Waals surface area (Å²) in [5.74, 6) is -0.621. The molecule has 1 fully saturated rings. The van der Waals surface area contributed by atoms with Crippen molar-refractivity contribution in [3.8, 4) is 0 Å². The van der Waals surface area contributed by atoms with Crippen molar-refractivity contribution in [2.45, 2.75) is 26.3 Å². The molecule has 3 aromatic rings. The van der Waals surface area contributed by atoms with Gasteiger partial charge in [-0.25, -0.2) is 0 Å². The largest absolute Gasteiger partial charge is 0.371 e. The normalized spacial score (nSPS) is 14.5. The van der Waals surface area contributed by atoms with Gasteiger partial charge >= 0.3 is 11.1 Å². The zero-order valence-electron chi connectivity index (χ0n) is 17.8. The summed E-state index contributed by atoms with van der Waals surface area (Å²) in [6.45, 7) is 3.66. The van der Waals surface area contributed by atoms with E-state index in [0.717, 1.165) is 31.6 Å². The molecule has 4 rings (SSSR count). The van der Waals surface area contributed by atoms with Crippen molar-refractivity contribution >= 4 is 34.2 Å². The second-order valence-electron chi connectivity index (χ2n) is 7.90. The summed E-state index contributed by atoms with van der Waals surface area (Å²) in [5, 5.41) is 2.85. The Hall–Kier alpha value is -3.88. The number of piperidine rings is 1. The molecule has 0 spiro atoms. The van der Waals surface area contributed by atoms with Crippen molar-refractivity contribution in [1.29, 1.82) is 0 Å². The summed E-state index contributed by atoms with van der Waals surface area (Å²) in [7, 11) is 0. The molecule has 1 saturated heterocycles. The topological polar surface area (TPSA) is 130 Å². The van der Waals surface area contributed by atoms with Gasteiger partial charge in [0.05, 0.1) is 11.0 Å². The number of nitrogens with two attached hydrogens (primary N) is 1. The number of nitrogens with zero attached hydrogens (tertiary/aromatic N) is 2. The molecule has 1 aliphatic rings. The predicted octanol–water partition coefficient (Wildman–Crippen LogP) is 1.66. The fraction of sp³-hybridized carbons (Fsp3) is 0.304. The number of carbonyl (C=O) groups excluding carboxylic acids is 2. The van der Waals surface area contributed by atoms with Gasteiger partial charge in [-0.1, -0.05) is 0 Å². The van der Waals surface area contributed by atoms with Crippen molar-refractivity contribution in [2.75, 3.05) is 23.3 Å². The molecule has 0 bridgehead atoms. The lowest BCUT2D eigenvalue weighted by atomic mass is 9.96. The van der Waals surface area contributed by atoms with Crippen LogP contribution in [0.2, 0.25) is 0 Å². The van der Waals surface area contributed by atoms with E-state index < -0.39 is 11.1 Å². The number of aromatic amines is 1. The van der Waals surface area contributed by atoms with Crippen LogP contribution in [0.4, 0.5) is 11.4 Å². The Morgan fingerprint density at radius 2 is 1.78 bits per heavy atom. The van der Waals surface area contributed by atoms with Crippen molar-refractivity contribution in [1.82, 2.24) is 9.55 Å². The Morgan fingerprint density at radius 1 is 1.09 bits per heavy atom. The first kappa shape index (κ1) is 21.4. The molecule has 0 radical (unpaired) electrons. The number of benzene rings is 2. The highest BCUT2D eigenvalue weighted by Crippen LogP contribution is 2.25. The molecule has 9 nitrogen and oxygen atoms in total. The van der Waals surface area contributed by atoms with Crippen LogP contribution in [0.3, 0.4) is 0 Å². The minimum Gasteiger partial charge on any atom is -0.371 e. The van der Waals surface area contributed by atoms with Crippen LogP contribution in [0.5, 0.6) is 0 Å². The summed E-state index contributed by atoms with van der Waals surface area (Å²) in [6, 6.07) is 12.4. The van der Waals surface area contributed by atoms with E-state index in [2.05, 4.69) is 15.2 Å². The van der Waals surface area contributed by atoms with Crippen LogP contribution in [0, 0.1) is 5.92 Å². The third-order valence-corrected chi connectivity index (χ3v) is 5.94. The number of rotatable bonds is 5. The van der Waals surface area contributed by atoms with Crippen LogP contribution in [-0.4, -0.2) is 34.5 Å². The molecule has 2 amide bonds. The van der Waals surface area contributed by atoms with E-state index in [0.29, 0.717) is 28.8 Å². The van der Waals surface area contributed by atoms with E-state index in [1.807, 2.05) is 24.3 Å². The SMILES string of the molecule is CCn1c(=O)c(=O)[nH]c2cc(C(=O)Nc3ccc(N4CCC(C(N)=O)CC4)cc3)ccc21. The van der Waals surface area contributed by atoms with Gasteiger partial charge in [-0.3, -0.25) is 19.2 Å². The lowest BCUT2D eigenvalue weighted by Gasteiger charge is -2.32. The van der Waals surface area contributed by atoms with E-state index in [-0.39, 0.29) is 17.7 Å². The van der Waals surface area contributed by atoms with Crippen LogP contribution in [0.1, 0.15) is 30.1 Å². The number of fused-ring (bicyclic) bond motifs is 1. The van der Waals surface area contributed by atoms with Crippen LogP contribution in [0.25, 0.3) is 11.0 Å². The molecule has 0 saturated carbocycles. The Morgan fingerprint density at radius 3 is 2.41 bits per heavy atom. The average molecular weight is 435 g/mol. The summed E-state index contributed by atoms with van der Waals surface area (Å²) >= 11 is 0. The molecule has 0 atom stereocenters. The Balaban J connectivity index is 1.48. The Kier molecular flexibility index (Phi) is 5.81. The Labute approximate surface area is 183 Å². The molecule has 0 aliphatic carbocycles. The number of amides is 2. The fourth-order valence-corrected chi connectivity index (χ4v) is 4.12. The zero-order chi connectivity index (χ0) is 22.8. The highest BCUT2D eigenvalue weighted by Gasteiger charge is 2.23. The number of anilines is 2. The standard InChI is InChI=1S/C23H25N5O4/c1-2-28-19-8-3-15(13-18(19)26-22(31)23(28)32)21(30)25-16-4-6-17(7-5-16)27-11-9-14(10-12-27)20(24)29/h3-8,13-14H,2,9-12H2,1H3,(H2,24,29)(H,25,30)(H,26,31). The highest BCUT2D eigenvalue weighted by atomic mass is 16.2. The number of H-pyrrole nitrogens is 1. The molecular weight excluding hydrogens is 410 g/mol. The van der Waals surface area contributed by atoms with Crippen molar-refractivity contribution < 1.29 is 9.59 Å². The molecular formula is C23H25N5O4. The molecule has 9 heteroatoms. The Bertz CT molecular complexity index is 1280. The molecule has 2 heterocycles. The van der Waals surface area contributed by atoms with Crippen molar-refractivity contribution in [2.24, 2.45) is 11.7 Å². The van der Waals surface area contributed by atoms with Crippen LogP contribution in [0.15, 0.2) is 52.1 Å². The molecule has 1 aromatic heterocycles. The number of nitrogens with one attached hydrogen (secondary N) is 2. The first-order valence-electron chi connectivity index (χ1n) is 10.6. The number of hydrogen-bond acceptors (Lipinski definition) is 5. The van der Waals surface area contributed by atoms with Crippen LogP contribution >= 0.6 is 0 Å². The molecule has 2 aromatic carbocycles. The molecule has 0 unspecified atom stereocenters. The maximum atomic E-state index is 12.7. The maximum absolute atomic E-state index is 12.7. The van der Waals surface area contributed by atoms with Gasteiger partial charge in [0.25, 0.3) is 5.91 Å². The third kappa shape index (κ3) is 4.14.